The number of aliphatic hydroxyl groups is 1. The van der Waals surface area contributed by atoms with E-state index in [9.17, 15) is 9.90 Å². The SMILES string of the molecule is C=CCC[C@@H](O)[C@@H]1CCN(C(=O)OC(C)(C)C)C1. The standard InChI is InChI=1S/C14H25NO3/c1-5-6-7-12(16)11-8-9-15(10-11)13(17)18-14(2,3)4/h5,11-12,16H,1,6-10H2,2-4H3/t11-,12-/m1/s1. The number of aliphatic hydroxyl groups excluding tert-OH is 1. The van der Waals surface area contributed by atoms with E-state index in [2.05, 4.69) is 6.58 Å². The van der Waals surface area contributed by atoms with E-state index in [1.807, 2.05) is 26.8 Å². The molecule has 1 aliphatic heterocycles. The van der Waals surface area contributed by atoms with E-state index in [1.54, 1.807) is 4.90 Å². The molecule has 1 saturated heterocycles. The maximum Gasteiger partial charge on any atom is 0.410 e. The minimum Gasteiger partial charge on any atom is -0.444 e. The first-order valence-electron chi connectivity index (χ1n) is 6.60. The van der Waals surface area contributed by atoms with Gasteiger partial charge in [0.2, 0.25) is 0 Å². The van der Waals surface area contributed by atoms with Crippen LogP contribution in [0.1, 0.15) is 40.0 Å². The van der Waals surface area contributed by atoms with Crippen molar-refractivity contribution in [3.05, 3.63) is 12.7 Å². The average Bonchev–Trinajstić information content (AvgIpc) is 2.72. The Labute approximate surface area is 110 Å². The maximum atomic E-state index is 11.8. The van der Waals surface area contributed by atoms with Gasteiger partial charge in [-0.15, -0.1) is 6.58 Å². The Morgan fingerprint density at radius 3 is 2.83 bits per heavy atom. The molecule has 1 amide bonds. The van der Waals surface area contributed by atoms with Crippen molar-refractivity contribution in [3.8, 4) is 0 Å². The van der Waals surface area contributed by atoms with Crippen LogP contribution in [0, 0.1) is 5.92 Å². The number of carbonyl (C=O) groups excluding carboxylic acids is 1. The van der Waals surface area contributed by atoms with Gasteiger partial charge in [-0.1, -0.05) is 6.08 Å². The van der Waals surface area contributed by atoms with Crippen LogP contribution in [-0.2, 0) is 4.74 Å². The summed E-state index contributed by atoms with van der Waals surface area (Å²) in [4.78, 5) is 13.5. The fourth-order valence-electron chi connectivity index (χ4n) is 2.12. The van der Waals surface area contributed by atoms with Gasteiger partial charge in [0.05, 0.1) is 6.10 Å². The van der Waals surface area contributed by atoms with Crippen LogP contribution in [-0.4, -0.2) is 40.9 Å². The Morgan fingerprint density at radius 2 is 2.28 bits per heavy atom. The summed E-state index contributed by atoms with van der Waals surface area (Å²) in [5, 5.41) is 9.99. The molecule has 0 aromatic heterocycles. The second-order valence-electron chi connectivity index (χ2n) is 5.91. The predicted molar refractivity (Wildman–Crippen MR) is 71.4 cm³/mol. The zero-order valence-corrected chi connectivity index (χ0v) is 11.7. The highest BCUT2D eigenvalue weighted by Gasteiger charge is 2.32. The topological polar surface area (TPSA) is 49.8 Å². The average molecular weight is 255 g/mol. The summed E-state index contributed by atoms with van der Waals surface area (Å²) in [6, 6.07) is 0. The van der Waals surface area contributed by atoms with Crippen molar-refractivity contribution in [1.82, 2.24) is 4.90 Å². The summed E-state index contributed by atoms with van der Waals surface area (Å²) in [7, 11) is 0. The van der Waals surface area contributed by atoms with E-state index in [1.165, 1.54) is 0 Å². The van der Waals surface area contributed by atoms with Gasteiger partial charge in [0.15, 0.2) is 0 Å². The molecule has 18 heavy (non-hydrogen) atoms. The van der Waals surface area contributed by atoms with Crippen LogP contribution in [0.5, 0.6) is 0 Å². The first-order chi connectivity index (χ1) is 8.33. The Kier molecular flexibility index (Phi) is 5.20. The van der Waals surface area contributed by atoms with Gasteiger partial charge in [0, 0.05) is 19.0 Å². The van der Waals surface area contributed by atoms with Crippen molar-refractivity contribution < 1.29 is 14.6 Å². The zero-order chi connectivity index (χ0) is 13.8. The lowest BCUT2D eigenvalue weighted by Crippen LogP contribution is -2.36. The molecule has 0 bridgehead atoms. The third-order valence-corrected chi connectivity index (χ3v) is 3.09. The van der Waals surface area contributed by atoms with Crippen LogP contribution in [0.15, 0.2) is 12.7 Å². The fourth-order valence-corrected chi connectivity index (χ4v) is 2.12. The number of nitrogens with zero attached hydrogens (tertiary/aromatic N) is 1. The Morgan fingerprint density at radius 1 is 1.61 bits per heavy atom. The molecule has 0 unspecified atom stereocenters. The van der Waals surface area contributed by atoms with Gasteiger partial charge in [-0.05, 0) is 40.0 Å². The van der Waals surface area contributed by atoms with Gasteiger partial charge in [-0.25, -0.2) is 4.79 Å². The molecule has 4 heteroatoms. The Balaban J connectivity index is 2.41. The summed E-state index contributed by atoms with van der Waals surface area (Å²) < 4.78 is 5.32. The van der Waals surface area contributed by atoms with Crippen molar-refractivity contribution in [2.24, 2.45) is 5.92 Å². The summed E-state index contributed by atoms with van der Waals surface area (Å²) in [5.74, 6) is 0.164. The second kappa shape index (κ2) is 6.23. The van der Waals surface area contributed by atoms with Gasteiger partial charge >= 0.3 is 6.09 Å². The van der Waals surface area contributed by atoms with E-state index in [4.69, 9.17) is 4.74 Å². The lowest BCUT2D eigenvalue weighted by molar-refractivity contribution is 0.0266. The molecule has 1 rings (SSSR count). The third-order valence-electron chi connectivity index (χ3n) is 3.09. The third kappa shape index (κ3) is 4.69. The summed E-state index contributed by atoms with van der Waals surface area (Å²) >= 11 is 0. The number of rotatable bonds is 4. The number of carbonyl (C=O) groups is 1. The minimum absolute atomic E-state index is 0.164. The van der Waals surface area contributed by atoms with E-state index >= 15 is 0 Å². The number of allylic oxidation sites excluding steroid dienone is 1. The van der Waals surface area contributed by atoms with E-state index in [-0.39, 0.29) is 18.1 Å². The van der Waals surface area contributed by atoms with Crippen LogP contribution >= 0.6 is 0 Å². The maximum absolute atomic E-state index is 11.8. The van der Waals surface area contributed by atoms with Gasteiger partial charge < -0.3 is 14.7 Å². The quantitative estimate of drug-likeness (QED) is 0.785. The fraction of sp³-hybridized carbons (Fsp3) is 0.786. The number of amides is 1. The van der Waals surface area contributed by atoms with Crippen molar-refractivity contribution in [3.63, 3.8) is 0 Å². The van der Waals surface area contributed by atoms with E-state index < -0.39 is 5.60 Å². The molecule has 0 spiro atoms. The van der Waals surface area contributed by atoms with Crippen molar-refractivity contribution in [2.75, 3.05) is 13.1 Å². The van der Waals surface area contributed by atoms with Crippen molar-refractivity contribution >= 4 is 6.09 Å². The second-order valence-corrected chi connectivity index (χ2v) is 5.91. The number of hydrogen-bond donors (Lipinski definition) is 1. The predicted octanol–water partition coefficient (Wildman–Crippen LogP) is 2.57. The Bertz CT molecular complexity index is 296. The molecule has 0 aliphatic carbocycles. The highest BCUT2D eigenvalue weighted by atomic mass is 16.6. The number of ether oxygens (including phenoxy) is 1. The number of hydrogen-bond acceptors (Lipinski definition) is 3. The lowest BCUT2D eigenvalue weighted by Gasteiger charge is -2.25. The molecule has 1 heterocycles. The van der Waals surface area contributed by atoms with E-state index in [0.717, 1.165) is 19.3 Å². The monoisotopic (exact) mass is 255 g/mol. The summed E-state index contributed by atoms with van der Waals surface area (Å²) in [5.41, 5.74) is -0.462. The van der Waals surface area contributed by atoms with Crippen LogP contribution in [0.4, 0.5) is 4.79 Å². The summed E-state index contributed by atoms with van der Waals surface area (Å²) in [6.45, 7) is 10.5. The molecular formula is C14H25NO3. The molecule has 1 aliphatic rings. The van der Waals surface area contributed by atoms with E-state index in [0.29, 0.717) is 13.1 Å². The van der Waals surface area contributed by atoms with Crippen molar-refractivity contribution in [1.29, 1.82) is 0 Å². The molecule has 0 aromatic carbocycles. The lowest BCUT2D eigenvalue weighted by atomic mass is 9.98. The van der Waals surface area contributed by atoms with Crippen LogP contribution in [0.2, 0.25) is 0 Å². The first kappa shape index (κ1) is 15.0. The molecule has 0 saturated carbocycles. The largest absolute Gasteiger partial charge is 0.444 e. The van der Waals surface area contributed by atoms with Gasteiger partial charge in [0.1, 0.15) is 5.60 Å². The van der Waals surface area contributed by atoms with Crippen LogP contribution < -0.4 is 0 Å². The van der Waals surface area contributed by atoms with Gasteiger partial charge in [-0.2, -0.15) is 0 Å². The molecule has 104 valence electrons. The van der Waals surface area contributed by atoms with Gasteiger partial charge in [-0.3, -0.25) is 0 Å². The molecule has 0 radical (unpaired) electrons. The van der Waals surface area contributed by atoms with Crippen LogP contribution in [0.3, 0.4) is 0 Å². The van der Waals surface area contributed by atoms with Crippen molar-refractivity contribution in [2.45, 2.75) is 51.7 Å². The highest BCUT2D eigenvalue weighted by Crippen LogP contribution is 2.24. The smallest absolute Gasteiger partial charge is 0.410 e. The zero-order valence-electron chi connectivity index (χ0n) is 11.7. The first-order valence-corrected chi connectivity index (χ1v) is 6.60. The molecule has 0 aromatic rings. The Hall–Kier alpha value is -1.03. The molecular weight excluding hydrogens is 230 g/mol. The minimum atomic E-state index is -0.462. The van der Waals surface area contributed by atoms with Gasteiger partial charge in [0.25, 0.3) is 0 Å². The van der Waals surface area contributed by atoms with Crippen LogP contribution in [0.25, 0.3) is 0 Å². The number of likely N-dealkylation sites (tertiary alicyclic amines) is 1. The molecule has 1 fully saturated rings. The normalized spacial score (nSPS) is 21.8. The molecule has 1 N–H and O–H groups in total. The molecule has 4 nitrogen and oxygen atoms in total. The molecule has 2 atom stereocenters. The summed E-state index contributed by atoms with van der Waals surface area (Å²) in [6.07, 6.45) is 3.55. The highest BCUT2D eigenvalue weighted by molar-refractivity contribution is 5.68.